The number of hydrogen-bond acceptors (Lipinski definition) is 4. The summed E-state index contributed by atoms with van der Waals surface area (Å²) in [4.78, 5) is 21.1. The van der Waals surface area contributed by atoms with E-state index in [2.05, 4.69) is 4.74 Å². The molecule has 0 aromatic heterocycles. The van der Waals surface area contributed by atoms with Crippen LogP contribution < -0.4 is 0 Å². The first kappa shape index (κ1) is 11.1. The summed E-state index contributed by atoms with van der Waals surface area (Å²) in [7, 11) is 1.41. The Kier molecular flexibility index (Phi) is 4.51. The predicted octanol–water partition coefficient (Wildman–Crippen LogP) is 0.401. The van der Waals surface area contributed by atoms with Gasteiger partial charge in [-0.1, -0.05) is 0 Å². The standard InChI is InChI=1S/C8H14O4/c1-8(2,5-9)6-12-7(10)4-11-3/h5H,4,6H2,1-3H3. The lowest BCUT2D eigenvalue weighted by atomic mass is 9.98. The molecule has 0 aromatic rings. The first-order chi connectivity index (χ1) is 5.52. The van der Waals surface area contributed by atoms with Crippen LogP contribution in [-0.4, -0.2) is 32.6 Å². The topological polar surface area (TPSA) is 52.6 Å². The zero-order valence-corrected chi connectivity index (χ0v) is 7.62. The molecule has 0 N–H and O–H groups in total. The van der Waals surface area contributed by atoms with E-state index in [1.165, 1.54) is 7.11 Å². The minimum atomic E-state index is -0.608. The summed E-state index contributed by atoms with van der Waals surface area (Å²) >= 11 is 0. The molecule has 0 aliphatic heterocycles. The Morgan fingerprint density at radius 2 is 2.08 bits per heavy atom. The van der Waals surface area contributed by atoms with Crippen LogP contribution in [-0.2, 0) is 19.1 Å². The molecule has 0 bridgehead atoms. The third-order valence-electron chi connectivity index (χ3n) is 1.19. The van der Waals surface area contributed by atoms with Crippen LogP contribution in [0.1, 0.15) is 13.8 Å². The van der Waals surface area contributed by atoms with E-state index in [9.17, 15) is 9.59 Å². The van der Waals surface area contributed by atoms with Crippen molar-refractivity contribution in [2.24, 2.45) is 5.41 Å². The van der Waals surface area contributed by atoms with Gasteiger partial charge in [-0.05, 0) is 13.8 Å². The minimum absolute atomic E-state index is 0.0745. The fourth-order valence-electron chi connectivity index (χ4n) is 0.460. The van der Waals surface area contributed by atoms with Gasteiger partial charge in [0.2, 0.25) is 0 Å². The molecule has 0 rings (SSSR count). The fraction of sp³-hybridized carbons (Fsp3) is 0.750. The maximum Gasteiger partial charge on any atom is 0.332 e. The van der Waals surface area contributed by atoms with Gasteiger partial charge in [-0.2, -0.15) is 0 Å². The lowest BCUT2D eigenvalue weighted by Crippen LogP contribution is -2.24. The molecule has 0 heterocycles. The van der Waals surface area contributed by atoms with Gasteiger partial charge in [-0.3, -0.25) is 0 Å². The number of rotatable bonds is 5. The van der Waals surface area contributed by atoms with E-state index >= 15 is 0 Å². The maximum absolute atomic E-state index is 10.7. The van der Waals surface area contributed by atoms with Gasteiger partial charge < -0.3 is 14.3 Å². The molecule has 0 aliphatic carbocycles. The molecule has 0 spiro atoms. The first-order valence-electron chi connectivity index (χ1n) is 3.63. The number of hydrogen-bond donors (Lipinski definition) is 0. The zero-order valence-electron chi connectivity index (χ0n) is 7.62. The number of aldehydes is 1. The van der Waals surface area contributed by atoms with Crippen LogP contribution >= 0.6 is 0 Å². The van der Waals surface area contributed by atoms with Gasteiger partial charge in [0.05, 0.1) is 5.41 Å². The molecule has 0 fully saturated rings. The van der Waals surface area contributed by atoms with Crippen LogP contribution in [0.2, 0.25) is 0 Å². The summed E-state index contributed by atoms with van der Waals surface area (Å²) in [5.74, 6) is -0.451. The summed E-state index contributed by atoms with van der Waals surface area (Å²) in [6.07, 6.45) is 0.757. The van der Waals surface area contributed by atoms with Crippen molar-refractivity contribution < 1.29 is 19.1 Å². The number of ether oxygens (including phenoxy) is 2. The molecule has 0 atom stereocenters. The highest BCUT2D eigenvalue weighted by Gasteiger charge is 2.18. The predicted molar refractivity (Wildman–Crippen MR) is 42.7 cm³/mol. The van der Waals surface area contributed by atoms with Gasteiger partial charge in [0, 0.05) is 7.11 Å². The molecule has 70 valence electrons. The van der Waals surface area contributed by atoms with E-state index in [4.69, 9.17) is 4.74 Å². The van der Waals surface area contributed by atoms with E-state index in [0.717, 1.165) is 6.29 Å². The average molecular weight is 174 g/mol. The summed E-state index contributed by atoms with van der Waals surface area (Å²) < 4.78 is 9.28. The molecular formula is C8H14O4. The SMILES string of the molecule is COCC(=O)OCC(C)(C)C=O. The van der Waals surface area contributed by atoms with Gasteiger partial charge in [-0.25, -0.2) is 4.79 Å². The molecule has 4 nitrogen and oxygen atoms in total. The Labute approximate surface area is 71.8 Å². The Bertz CT molecular complexity index is 162. The minimum Gasteiger partial charge on any atom is -0.463 e. The lowest BCUT2D eigenvalue weighted by Gasteiger charge is -2.15. The van der Waals surface area contributed by atoms with Crippen LogP contribution in [0.15, 0.2) is 0 Å². The van der Waals surface area contributed by atoms with Crippen molar-refractivity contribution in [3.63, 3.8) is 0 Å². The molecule has 0 unspecified atom stereocenters. The van der Waals surface area contributed by atoms with Gasteiger partial charge >= 0.3 is 5.97 Å². The summed E-state index contributed by atoms with van der Waals surface area (Å²) in [5.41, 5.74) is -0.608. The number of carbonyl (C=O) groups excluding carboxylic acids is 2. The third-order valence-corrected chi connectivity index (χ3v) is 1.19. The summed E-state index contributed by atoms with van der Waals surface area (Å²) in [6, 6.07) is 0. The summed E-state index contributed by atoms with van der Waals surface area (Å²) in [5, 5.41) is 0. The Morgan fingerprint density at radius 3 is 2.50 bits per heavy atom. The molecule has 0 saturated carbocycles. The second-order valence-electron chi connectivity index (χ2n) is 3.20. The van der Waals surface area contributed by atoms with E-state index in [1.54, 1.807) is 13.8 Å². The smallest absolute Gasteiger partial charge is 0.332 e. The highest BCUT2D eigenvalue weighted by molar-refractivity contribution is 5.71. The van der Waals surface area contributed by atoms with Crippen molar-refractivity contribution in [1.29, 1.82) is 0 Å². The maximum atomic E-state index is 10.7. The number of esters is 1. The first-order valence-corrected chi connectivity index (χ1v) is 3.63. The molecular weight excluding hydrogens is 160 g/mol. The molecule has 0 amide bonds. The second-order valence-corrected chi connectivity index (χ2v) is 3.20. The van der Waals surface area contributed by atoms with Crippen molar-refractivity contribution in [3.05, 3.63) is 0 Å². The largest absolute Gasteiger partial charge is 0.463 e. The second kappa shape index (κ2) is 4.87. The van der Waals surface area contributed by atoms with Crippen molar-refractivity contribution in [2.75, 3.05) is 20.3 Å². The molecule has 4 heteroatoms. The van der Waals surface area contributed by atoms with Crippen molar-refractivity contribution in [1.82, 2.24) is 0 Å². The van der Waals surface area contributed by atoms with Gasteiger partial charge in [-0.15, -0.1) is 0 Å². The highest BCUT2D eigenvalue weighted by atomic mass is 16.6. The van der Waals surface area contributed by atoms with Crippen LogP contribution in [0, 0.1) is 5.41 Å². The Hall–Kier alpha value is -0.900. The van der Waals surface area contributed by atoms with Crippen LogP contribution in [0.4, 0.5) is 0 Å². The van der Waals surface area contributed by atoms with Crippen molar-refractivity contribution in [2.45, 2.75) is 13.8 Å². The van der Waals surface area contributed by atoms with Crippen molar-refractivity contribution >= 4 is 12.3 Å². The molecule has 0 radical (unpaired) electrons. The van der Waals surface area contributed by atoms with E-state index in [-0.39, 0.29) is 13.2 Å². The highest BCUT2D eigenvalue weighted by Crippen LogP contribution is 2.10. The molecule has 0 aliphatic rings. The number of methoxy groups -OCH3 is 1. The van der Waals surface area contributed by atoms with Gasteiger partial charge in [0.25, 0.3) is 0 Å². The third kappa shape index (κ3) is 4.85. The van der Waals surface area contributed by atoms with Crippen LogP contribution in [0.3, 0.4) is 0 Å². The Balaban J connectivity index is 3.67. The van der Waals surface area contributed by atoms with Crippen LogP contribution in [0.25, 0.3) is 0 Å². The average Bonchev–Trinajstić information content (AvgIpc) is 2.02. The normalized spacial score (nSPS) is 10.9. The zero-order chi connectivity index (χ0) is 9.61. The molecule has 12 heavy (non-hydrogen) atoms. The Morgan fingerprint density at radius 1 is 1.50 bits per heavy atom. The quantitative estimate of drug-likeness (QED) is 0.447. The van der Waals surface area contributed by atoms with Gasteiger partial charge in [0.1, 0.15) is 19.5 Å². The van der Waals surface area contributed by atoms with E-state index < -0.39 is 11.4 Å². The summed E-state index contributed by atoms with van der Waals surface area (Å²) in [6.45, 7) is 3.41. The monoisotopic (exact) mass is 174 g/mol. The molecule has 0 saturated heterocycles. The lowest BCUT2D eigenvalue weighted by molar-refractivity contribution is -0.151. The molecule has 0 aromatic carbocycles. The number of carbonyl (C=O) groups is 2. The van der Waals surface area contributed by atoms with E-state index in [0.29, 0.717) is 0 Å². The van der Waals surface area contributed by atoms with Crippen molar-refractivity contribution in [3.8, 4) is 0 Å². The van der Waals surface area contributed by atoms with Gasteiger partial charge in [0.15, 0.2) is 0 Å². The fourth-order valence-corrected chi connectivity index (χ4v) is 0.460. The van der Waals surface area contributed by atoms with Crippen LogP contribution in [0.5, 0.6) is 0 Å². The van der Waals surface area contributed by atoms with E-state index in [1.807, 2.05) is 0 Å².